The highest BCUT2D eigenvalue weighted by molar-refractivity contribution is 9.10. The number of benzene rings is 1. The summed E-state index contributed by atoms with van der Waals surface area (Å²) in [6.07, 6.45) is 0. The smallest absolute Gasteiger partial charge is 0.251 e. The van der Waals surface area contributed by atoms with Crippen LogP contribution in [0.15, 0.2) is 22.7 Å². The highest BCUT2D eigenvalue weighted by Crippen LogP contribution is 2.25. The summed E-state index contributed by atoms with van der Waals surface area (Å²) in [5, 5.41) is 11.6. The molecular formula is C13H15BrN2O2. The van der Waals surface area contributed by atoms with E-state index >= 15 is 0 Å². The summed E-state index contributed by atoms with van der Waals surface area (Å²) in [7, 11) is 1.56. The van der Waals surface area contributed by atoms with E-state index in [-0.39, 0.29) is 5.91 Å². The number of hydrogen-bond acceptors (Lipinski definition) is 3. The van der Waals surface area contributed by atoms with Crippen molar-refractivity contribution in [3.05, 3.63) is 28.2 Å². The number of nitrogens with one attached hydrogen (secondary N) is 1. The standard InChI is InChI=1S/C13H15BrN2O2/c1-13(2,7-15)8-16-12(17)9-4-5-11(18-3)10(14)6-9/h4-6H,8H2,1-3H3,(H,16,17). The van der Waals surface area contributed by atoms with Gasteiger partial charge in [-0.25, -0.2) is 0 Å². The van der Waals surface area contributed by atoms with Crippen molar-refractivity contribution < 1.29 is 9.53 Å². The number of ether oxygens (including phenoxy) is 1. The quantitative estimate of drug-likeness (QED) is 0.930. The van der Waals surface area contributed by atoms with Crippen LogP contribution in [0.4, 0.5) is 0 Å². The first-order valence-electron chi connectivity index (χ1n) is 5.42. The van der Waals surface area contributed by atoms with Gasteiger partial charge in [0.2, 0.25) is 0 Å². The third-order valence-electron chi connectivity index (χ3n) is 2.41. The Morgan fingerprint density at radius 2 is 2.22 bits per heavy atom. The van der Waals surface area contributed by atoms with Gasteiger partial charge < -0.3 is 10.1 Å². The summed E-state index contributed by atoms with van der Waals surface area (Å²) in [6, 6.07) is 7.22. The van der Waals surface area contributed by atoms with Gasteiger partial charge in [-0.3, -0.25) is 4.79 Å². The second kappa shape index (κ2) is 5.87. The van der Waals surface area contributed by atoms with E-state index in [0.29, 0.717) is 17.9 Å². The zero-order valence-corrected chi connectivity index (χ0v) is 12.2. The number of methoxy groups -OCH3 is 1. The van der Waals surface area contributed by atoms with Crippen LogP contribution in [0.1, 0.15) is 24.2 Å². The Kier molecular flexibility index (Phi) is 4.74. The van der Waals surface area contributed by atoms with Crippen LogP contribution >= 0.6 is 15.9 Å². The number of hydrogen-bond donors (Lipinski definition) is 1. The van der Waals surface area contributed by atoms with E-state index < -0.39 is 5.41 Å². The maximum atomic E-state index is 11.9. The Morgan fingerprint density at radius 1 is 1.56 bits per heavy atom. The number of nitrogens with zero attached hydrogens (tertiary/aromatic N) is 1. The van der Waals surface area contributed by atoms with Crippen LogP contribution in [0, 0.1) is 16.7 Å². The summed E-state index contributed by atoms with van der Waals surface area (Å²) in [6.45, 7) is 3.86. The van der Waals surface area contributed by atoms with Gasteiger partial charge in [0.1, 0.15) is 5.75 Å². The molecule has 0 saturated carbocycles. The minimum Gasteiger partial charge on any atom is -0.496 e. The van der Waals surface area contributed by atoms with Crippen LogP contribution in [0.5, 0.6) is 5.75 Å². The maximum Gasteiger partial charge on any atom is 0.251 e. The number of halogens is 1. The fraction of sp³-hybridized carbons (Fsp3) is 0.385. The van der Waals surface area contributed by atoms with Crippen LogP contribution in [0.25, 0.3) is 0 Å². The van der Waals surface area contributed by atoms with E-state index in [9.17, 15) is 4.79 Å². The third kappa shape index (κ3) is 3.74. The SMILES string of the molecule is COc1ccc(C(=O)NCC(C)(C)C#N)cc1Br. The van der Waals surface area contributed by atoms with Crippen molar-refractivity contribution >= 4 is 21.8 Å². The van der Waals surface area contributed by atoms with Crippen molar-refractivity contribution in [2.45, 2.75) is 13.8 Å². The molecule has 0 unspecified atom stereocenters. The van der Waals surface area contributed by atoms with E-state index in [1.807, 2.05) is 0 Å². The van der Waals surface area contributed by atoms with Crippen LogP contribution in [0.3, 0.4) is 0 Å². The Morgan fingerprint density at radius 3 is 2.72 bits per heavy atom. The molecule has 96 valence electrons. The second-order valence-electron chi connectivity index (χ2n) is 4.53. The molecule has 4 nitrogen and oxygen atoms in total. The zero-order chi connectivity index (χ0) is 13.8. The summed E-state index contributed by atoms with van der Waals surface area (Å²) in [5.41, 5.74) is -0.0456. The first kappa shape index (κ1) is 14.5. The lowest BCUT2D eigenvalue weighted by Gasteiger charge is -2.16. The van der Waals surface area contributed by atoms with Gasteiger partial charge in [0.25, 0.3) is 5.91 Å². The molecule has 5 heteroatoms. The molecule has 0 atom stereocenters. The maximum absolute atomic E-state index is 11.9. The van der Waals surface area contributed by atoms with Gasteiger partial charge in [0.15, 0.2) is 0 Å². The third-order valence-corrected chi connectivity index (χ3v) is 3.03. The average Bonchev–Trinajstić information content (AvgIpc) is 2.36. The van der Waals surface area contributed by atoms with E-state index in [1.165, 1.54) is 0 Å². The summed E-state index contributed by atoms with van der Waals surface area (Å²) >= 11 is 3.32. The molecule has 0 heterocycles. The molecular weight excluding hydrogens is 296 g/mol. The lowest BCUT2D eigenvalue weighted by molar-refractivity contribution is 0.0943. The van der Waals surface area contributed by atoms with Crippen molar-refractivity contribution in [3.63, 3.8) is 0 Å². The van der Waals surface area contributed by atoms with Gasteiger partial charge in [0, 0.05) is 12.1 Å². The first-order valence-corrected chi connectivity index (χ1v) is 6.22. The molecule has 0 bridgehead atoms. The molecule has 0 spiro atoms. The average molecular weight is 311 g/mol. The summed E-state index contributed by atoms with van der Waals surface area (Å²) in [4.78, 5) is 11.9. The van der Waals surface area contributed by atoms with Crippen molar-refractivity contribution in [1.29, 1.82) is 5.26 Å². The highest BCUT2D eigenvalue weighted by Gasteiger charge is 2.18. The zero-order valence-electron chi connectivity index (χ0n) is 10.6. The molecule has 0 aliphatic rings. The van der Waals surface area contributed by atoms with Gasteiger partial charge in [-0.1, -0.05) is 0 Å². The molecule has 0 saturated heterocycles. The Hall–Kier alpha value is -1.54. The lowest BCUT2D eigenvalue weighted by atomic mass is 9.96. The number of amides is 1. The van der Waals surface area contributed by atoms with Crippen LogP contribution in [-0.4, -0.2) is 19.6 Å². The molecule has 1 aromatic carbocycles. The summed E-state index contributed by atoms with van der Waals surface area (Å²) < 4.78 is 5.81. The van der Waals surface area contributed by atoms with Crippen molar-refractivity contribution in [1.82, 2.24) is 5.32 Å². The number of carbonyl (C=O) groups excluding carboxylic acids is 1. The van der Waals surface area contributed by atoms with Crippen molar-refractivity contribution in [3.8, 4) is 11.8 Å². The minimum absolute atomic E-state index is 0.207. The highest BCUT2D eigenvalue weighted by atomic mass is 79.9. The van der Waals surface area contributed by atoms with E-state index in [1.54, 1.807) is 39.2 Å². The minimum atomic E-state index is -0.570. The van der Waals surface area contributed by atoms with Crippen LogP contribution in [-0.2, 0) is 0 Å². The fourth-order valence-corrected chi connectivity index (χ4v) is 1.79. The van der Waals surface area contributed by atoms with Gasteiger partial charge in [0.05, 0.1) is 23.1 Å². The number of rotatable bonds is 4. The van der Waals surface area contributed by atoms with Gasteiger partial charge >= 0.3 is 0 Å². The van der Waals surface area contributed by atoms with Gasteiger partial charge in [-0.15, -0.1) is 0 Å². The molecule has 0 fully saturated rings. The molecule has 0 aromatic heterocycles. The van der Waals surface area contributed by atoms with Crippen LogP contribution in [0.2, 0.25) is 0 Å². The van der Waals surface area contributed by atoms with E-state index in [2.05, 4.69) is 27.3 Å². The number of nitriles is 1. The molecule has 1 rings (SSSR count). The van der Waals surface area contributed by atoms with Crippen molar-refractivity contribution in [2.24, 2.45) is 5.41 Å². The van der Waals surface area contributed by atoms with Gasteiger partial charge in [-0.05, 0) is 48.0 Å². The largest absolute Gasteiger partial charge is 0.496 e. The van der Waals surface area contributed by atoms with Crippen molar-refractivity contribution in [2.75, 3.05) is 13.7 Å². The monoisotopic (exact) mass is 310 g/mol. The fourth-order valence-electron chi connectivity index (χ4n) is 1.25. The van der Waals surface area contributed by atoms with Gasteiger partial charge in [-0.2, -0.15) is 5.26 Å². The molecule has 1 aromatic rings. The molecule has 0 radical (unpaired) electrons. The lowest BCUT2D eigenvalue weighted by Crippen LogP contribution is -2.33. The van der Waals surface area contributed by atoms with E-state index in [4.69, 9.17) is 10.00 Å². The Labute approximate surface area is 115 Å². The van der Waals surface area contributed by atoms with E-state index in [0.717, 1.165) is 4.47 Å². The number of carbonyl (C=O) groups is 1. The normalized spacial score (nSPS) is 10.6. The predicted molar refractivity (Wildman–Crippen MR) is 72.4 cm³/mol. The first-order chi connectivity index (χ1) is 8.39. The molecule has 0 aliphatic heterocycles. The second-order valence-corrected chi connectivity index (χ2v) is 5.38. The molecule has 1 N–H and O–H groups in total. The Bertz CT molecular complexity index is 492. The summed E-state index contributed by atoms with van der Waals surface area (Å²) in [5.74, 6) is 0.464. The molecule has 1 amide bonds. The molecule has 0 aliphatic carbocycles. The van der Waals surface area contributed by atoms with Crippen LogP contribution < -0.4 is 10.1 Å². The predicted octanol–water partition coefficient (Wildman–Crippen LogP) is 2.74. The topological polar surface area (TPSA) is 62.1 Å². The Balaban J connectivity index is 2.74. The molecule has 18 heavy (non-hydrogen) atoms.